The average molecular weight is 327 g/mol. The van der Waals surface area contributed by atoms with Gasteiger partial charge in [0.2, 0.25) is 0 Å². The van der Waals surface area contributed by atoms with E-state index in [0.717, 1.165) is 0 Å². The monoisotopic (exact) mass is 326 g/mol. The van der Waals surface area contributed by atoms with Crippen molar-refractivity contribution in [1.29, 1.82) is 0 Å². The van der Waals surface area contributed by atoms with Gasteiger partial charge in [0.25, 0.3) is 0 Å². The largest absolute Gasteiger partial charge is 0.0917 e. The summed E-state index contributed by atoms with van der Waals surface area (Å²) in [4.78, 5) is 0. The van der Waals surface area contributed by atoms with Crippen LogP contribution in [0.2, 0.25) is 0 Å². The topological polar surface area (TPSA) is 0 Å². The van der Waals surface area contributed by atoms with E-state index >= 15 is 0 Å². The second kappa shape index (κ2) is 21.4. The molecule has 0 aromatic heterocycles. The van der Waals surface area contributed by atoms with Gasteiger partial charge in [-0.2, -0.15) is 0 Å². The predicted molar refractivity (Wildman–Crippen MR) is 112 cm³/mol. The van der Waals surface area contributed by atoms with Gasteiger partial charge in [-0.3, -0.25) is 0 Å². The van der Waals surface area contributed by atoms with Gasteiger partial charge in [-0.1, -0.05) is 72.9 Å². The van der Waals surface area contributed by atoms with Crippen molar-refractivity contribution in [3.05, 3.63) is 72.9 Å². The van der Waals surface area contributed by atoms with Crippen molar-refractivity contribution >= 4 is 0 Å². The number of allylic oxidation sites excluding steroid dienone is 12. The van der Waals surface area contributed by atoms with Crippen LogP contribution in [0.1, 0.15) is 78.1 Å². The molecule has 0 aliphatic carbocycles. The zero-order valence-corrected chi connectivity index (χ0v) is 16.0. The fourth-order valence-corrected chi connectivity index (χ4v) is 2.24. The molecule has 0 heterocycles. The van der Waals surface area contributed by atoms with E-state index in [2.05, 4.69) is 86.8 Å². The maximum atomic E-state index is 2.32. The molecule has 0 fully saturated rings. The number of rotatable bonds is 15. The highest BCUT2D eigenvalue weighted by Gasteiger charge is 1.81. The standard InChI is InChI=1S/C24H38/c1-3-5-7-9-11-13-15-17-19-21-23-24-22-20-18-16-14-12-10-8-6-4-2/h3-6,11-14,19-22H,7-10,15-18,23-24H2,1-2H3. The molecule has 0 saturated carbocycles. The minimum absolute atomic E-state index is 1.17. The van der Waals surface area contributed by atoms with Gasteiger partial charge in [-0.05, 0) is 78.1 Å². The fourth-order valence-electron chi connectivity index (χ4n) is 2.24. The molecular weight excluding hydrogens is 288 g/mol. The van der Waals surface area contributed by atoms with Crippen molar-refractivity contribution in [2.24, 2.45) is 0 Å². The Hall–Kier alpha value is -1.56. The summed E-state index contributed by atoms with van der Waals surface area (Å²) in [5.41, 5.74) is 0. The first-order valence-electron chi connectivity index (χ1n) is 9.74. The Kier molecular flexibility index (Phi) is 20.0. The zero-order chi connectivity index (χ0) is 17.6. The van der Waals surface area contributed by atoms with E-state index in [1.807, 2.05) is 0 Å². The summed E-state index contributed by atoms with van der Waals surface area (Å²) < 4.78 is 0. The second-order valence-electron chi connectivity index (χ2n) is 5.91. The molecule has 0 nitrogen and oxygen atoms in total. The van der Waals surface area contributed by atoms with Crippen LogP contribution in [-0.4, -0.2) is 0 Å². The highest BCUT2D eigenvalue weighted by molar-refractivity contribution is 4.93. The van der Waals surface area contributed by atoms with Crippen molar-refractivity contribution in [3.63, 3.8) is 0 Å². The van der Waals surface area contributed by atoms with E-state index < -0.39 is 0 Å². The summed E-state index contributed by atoms with van der Waals surface area (Å²) in [7, 11) is 0. The first-order chi connectivity index (χ1) is 11.9. The molecule has 24 heavy (non-hydrogen) atoms. The first-order valence-corrected chi connectivity index (χ1v) is 9.74. The van der Waals surface area contributed by atoms with Gasteiger partial charge in [-0.25, -0.2) is 0 Å². The third-order valence-corrected chi connectivity index (χ3v) is 3.64. The molecule has 0 aromatic rings. The summed E-state index contributed by atoms with van der Waals surface area (Å²) in [6.45, 7) is 4.16. The molecule has 0 N–H and O–H groups in total. The van der Waals surface area contributed by atoms with E-state index in [4.69, 9.17) is 0 Å². The van der Waals surface area contributed by atoms with Crippen LogP contribution in [-0.2, 0) is 0 Å². The molecule has 0 bridgehead atoms. The van der Waals surface area contributed by atoms with Gasteiger partial charge in [0, 0.05) is 0 Å². The normalized spacial score (nSPS) is 13.2. The van der Waals surface area contributed by atoms with Gasteiger partial charge in [0.05, 0.1) is 0 Å². The van der Waals surface area contributed by atoms with Crippen LogP contribution in [0.4, 0.5) is 0 Å². The third-order valence-electron chi connectivity index (χ3n) is 3.64. The molecule has 0 amide bonds. The van der Waals surface area contributed by atoms with Gasteiger partial charge in [-0.15, -0.1) is 0 Å². The molecule has 0 aliphatic rings. The molecule has 0 atom stereocenters. The fraction of sp³-hybridized carbons (Fsp3) is 0.500. The summed E-state index contributed by atoms with van der Waals surface area (Å²) in [6, 6.07) is 0. The van der Waals surface area contributed by atoms with E-state index in [0.29, 0.717) is 0 Å². The van der Waals surface area contributed by atoms with Crippen LogP contribution in [0.25, 0.3) is 0 Å². The Morgan fingerprint density at radius 3 is 0.625 bits per heavy atom. The SMILES string of the molecule is CC=CCCC=CCCC=CCCC=CCCC=CCCC=CC. The molecule has 0 heteroatoms. The summed E-state index contributed by atoms with van der Waals surface area (Å²) in [5, 5.41) is 0. The van der Waals surface area contributed by atoms with Crippen LogP contribution in [0.3, 0.4) is 0 Å². The average Bonchev–Trinajstić information content (AvgIpc) is 2.60. The quantitative estimate of drug-likeness (QED) is 0.210. The Bertz CT molecular complexity index is 362. The maximum absolute atomic E-state index is 2.32. The summed E-state index contributed by atoms with van der Waals surface area (Å²) >= 11 is 0. The van der Waals surface area contributed by atoms with E-state index in [1.165, 1.54) is 64.2 Å². The molecule has 0 radical (unpaired) electrons. The second-order valence-corrected chi connectivity index (χ2v) is 5.91. The Morgan fingerprint density at radius 2 is 0.458 bits per heavy atom. The smallest absolute Gasteiger partial charge is 0.0316 e. The van der Waals surface area contributed by atoms with Crippen molar-refractivity contribution in [2.75, 3.05) is 0 Å². The Labute approximate surface area is 151 Å². The van der Waals surface area contributed by atoms with Crippen molar-refractivity contribution < 1.29 is 0 Å². The molecular formula is C24H38. The molecule has 0 spiro atoms. The lowest BCUT2D eigenvalue weighted by molar-refractivity contribution is 0.972. The van der Waals surface area contributed by atoms with E-state index in [9.17, 15) is 0 Å². The number of unbranched alkanes of at least 4 members (excludes halogenated alkanes) is 5. The third kappa shape index (κ3) is 20.4. The number of hydrogen-bond acceptors (Lipinski definition) is 0. The maximum Gasteiger partial charge on any atom is -0.0316 e. The predicted octanol–water partition coefficient (Wildman–Crippen LogP) is 8.26. The Morgan fingerprint density at radius 1 is 0.292 bits per heavy atom. The minimum Gasteiger partial charge on any atom is -0.0917 e. The van der Waals surface area contributed by atoms with Crippen LogP contribution < -0.4 is 0 Å². The van der Waals surface area contributed by atoms with Crippen LogP contribution >= 0.6 is 0 Å². The van der Waals surface area contributed by atoms with Crippen LogP contribution in [0.5, 0.6) is 0 Å². The van der Waals surface area contributed by atoms with Crippen LogP contribution in [0.15, 0.2) is 72.9 Å². The van der Waals surface area contributed by atoms with Gasteiger partial charge >= 0.3 is 0 Å². The van der Waals surface area contributed by atoms with Crippen molar-refractivity contribution in [2.45, 2.75) is 78.1 Å². The lowest BCUT2D eigenvalue weighted by atomic mass is 10.2. The first kappa shape index (κ1) is 22.4. The Balaban J connectivity index is 3.36. The molecule has 0 saturated heterocycles. The lowest BCUT2D eigenvalue weighted by Gasteiger charge is -1.91. The van der Waals surface area contributed by atoms with Gasteiger partial charge < -0.3 is 0 Å². The van der Waals surface area contributed by atoms with Crippen LogP contribution in [0, 0.1) is 0 Å². The molecule has 0 unspecified atom stereocenters. The molecule has 0 aliphatic heterocycles. The van der Waals surface area contributed by atoms with Crippen molar-refractivity contribution in [3.8, 4) is 0 Å². The molecule has 0 rings (SSSR count). The molecule has 134 valence electrons. The highest BCUT2D eigenvalue weighted by Crippen LogP contribution is 2.02. The van der Waals surface area contributed by atoms with E-state index in [-0.39, 0.29) is 0 Å². The zero-order valence-electron chi connectivity index (χ0n) is 16.0. The minimum atomic E-state index is 1.17. The molecule has 0 aromatic carbocycles. The summed E-state index contributed by atoms with van der Waals surface area (Å²) in [6.07, 6.45) is 38.8. The highest BCUT2D eigenvalue weighted by atomic mass is 13.9. The number of hydrogen-bond donors (Lipinski definition) is 0. The van der Waals surface area contributed by atoms with E-state index in [1.54, 1.807) is 0 Å². The van der Waals surface area contributed by atoms with Gasteiger partial charge in [0.15, 0.2) is 0 Å². The van der Waals surface area contributed by atoms with Gasteiger partial charge in [0.1, 0.15) is 0 Å². The lowest BCUT2D eigenvalue weighted by Crippen LogP contribution is -1.70. The van der Waals surface area contributed by atoms with Crippen molar-refractivity contribution in [1.82, 2.24) is 0 Å². The summed E-state index contributed by atoms with van der Waals surface area (Å²) in [5.74, 6) is 0.